The van der Waals surface area contributed by atoms with Gasteiger partial charge in [-0.15, -0.1) is 0 Å². The molecule has 0 fully saturated rings. The number of para-hydroxylation sites is 1. The van der Waals surface area contributed by atoms with Gasteiger partial charge in [0.25, 0.3) is 0 Å². The molecule has 0 aromatic heterocycles. The van der Waals surface area contributed by atoms with Gasteiger partial charge in [-0.1, -0.05) is 48.5 Å². The van der Waals surface area contributed by atoms with Crippen molar-refractivity contribution < 1.29 is 8.42 Å². The molecule has 3 aromatic carbocycles. The van der Waals surface area contributed by atoms with Crippen LogP contribution in [0.15, 0.2) is 84.9 Å². The van der Waals surface area contributed by atoms with E-state index in [-0.39, 0.29) is 0 Å². The standard InChI is InChI=1S/C21H23N3O2S/c1-23(2)27(25,26)22-19-13-15-21(16-14-19)24(20-11-7-4-8-12-20)17-18-9-5-3-6-10-18/h3-16,22H,17H2,1-2H3. The SMILES string of the molecule is CN(C)S(=O)(=O)Nc1ccc(N(Cc2ccccc2)c2ccccc2)cc1. The van der Waals surface area contributed by atoms with Crippen molar-refractivity contribution in [1.82, 2.24) is 4.31 Å². The van der Waals surface area contributed by atoms with E-state index in [0.29, 0.717) is 12.2 Å². The number of anilines is 3. The second kappa shape index (κ2) is 8.24. The summed E-state index contributed by atoms with van der Waals surface area (Å²) in [4.78, 5) is 2.19. The van der Waals surface area contributed by atoms with E-state index in [4.69, 9.17) is 0 Å². The fourth-order valence-corrected chi connectivity index (χ4v) is 3.27. The van der Waals surface area contributed by atoms with Crippen molar-refractivity contribution in [2.75, 3.05) is 23.7 Å². The summed E-state index contributed by atoms with van der Waals surface area (Å²) in [5.74, 6) is 0. The molecule has 5 nitrogen and oxygen atoms in total. The Morgan fingerprint density at radius 3 is 1.81 bits per heavy atom. The molecule has 0 aliphatic heterocycles. The third kappa shape index (κ3) is 4.87. The van der Waals surface area contributed by atoms with Crippen molar-refractivity contribution in [1.29, 1.82) is 0 Å². The lowest BCUT2D eigenvalue weighted by atomic mass is 10.1. The zero-order valence-corrected chi connectivity index (χ0v) is 16.2. The van der Waals surface area contributed by atoms with Crippen LogP contribution in [0.5, 0.6) is 0 Å². The van der Waals surface area contributed by atoms with E-state index in [0.717, 1.165) is 15.7 Å². The minimum Gasteiger partial charge on any atom is -0.337 e. The summed E-state index contributed by atoms with van der Waals surface area (Å²) in [5, 5.41) is 0. The van der Waals surface area contributed by atoms with Crippen LogP contribution in [0.25, 0.3) is 0 Å². The van der Waals surface area contributed by atoms with Crippen LogP contribution in [-0.2, 0) is 16.8 Å². The van der Waals surface area contributed by atoms with Crippen LogP contribution in [0.1, 0.15) is 5.56 Å². The third-order valence-corrected chi connectivity index (χ3v) is 5.61. The summed E-state index contributed by atoms with van der Waals surface area (Å²) in [7, 11) is -0.528. The van der Waals surface area contributed by atoms with Crippen LogP contribution in [0, 0.1) is 0 Å². The predicted octanol–water partition coefficient (Wildman–Crippen LogP) is 4.24. The van der Waals surface area contributed by atoms with Gasteiger partial charge in [0.15, 0.2) is 0 Å². The molecule has 0 saturated heterocycles. The second-order valence-corrected chi connectivity index (χ2v) is 8.23. The fourth-order valence-electron chi connectivity index (χ4n) is 2.66. The van der Waals surface area contributed by atoms with Gasteiger partial charge in [0, 0.05) is 37.7 Å². The highest BCUT2D eigenvalue weighted by atomic mass is 32.2. The molecule has 0 saturated carbocycles. The van der Waals surface area contributed by atoms with Crippen LogP contribution in [0.2, 0.25) is 0 Å². The molecule has 0 amide bonds. The van der Waals surface area contributed by atoms with Gasteiger partial charge < -0.3 is 4.90 Å². The van der Waals surface area contributed by atoms with Crippen molar-refractivity contribution in [2.45, 2.75) is 6.54 Å². The maximum absolute atomic E-state index is 12.0. The van der Waals surface area contributed by atoms with Crippen LogP contribution >= 0.6 is 0 Å². The van der Waals surface area contributed by atoms with E-state index in [1.807, 2.05) is 48.5 Å². The molecule has 0 aliphatic carbocycles. The van der Waals surface area contributed by atoms with E-state index in [9.17, 15) is 8.42 Å². The van der Waals surface area contributed by atoms with Gasteiger partial charge in [0.2, 0.25) is 0 Å². The topological polar surface area (TPSA) is 52.7 Å². The molecule has 0 bridgehead atoms. The molecular formula is C21H23N3O2S. The van der Waals surface area contributed by atoms with Crippen molar-refractivity contribution in [3.05, 3.63) is 90.5 Å². The molecule has 0 radical (unpaired) electrons. The maximum atomic E-state index is 12.0. The predicted molar refractivity (Wildman–Crippen MR) is 111 cm³/mol. The Morgan fingerprint density at radius 1 is 0.741 bits per heavy atom. The fraction of sp³-hybridized carbons (Fsp3) is 0.143. The summed E-state index contributed by atoms with van der Waals surface area (Å²) in [6.45, 7) is 0.716. The summed E-state index contributed by atoms with van der Waals surface area (Å²) in [6.07, 6.45) is 0. The van der Waals surface area contributed by atoms with E-state index >= 15 is 0 Å². The number of hydrogen-bond donors (Lipinski definition) is 1. The van der Waals surface area contributed by atoms with Crippen molar-refractivity contribution in [3.63, 3.8) is 0 Å². The quantitative estimate of drug-likeness (QED) is 0.666. The van der Waals surface area contributed by atoms with Crippen molar-refractivity contribution in [2.24, 2.45) is 0 Å². The number of hydrogen-bond acceptors (Lipinski definition) is 3. The Labute approximate surface area is 161 Å². The summed E-state index contributed by atoms with van der Waals surface area (Å²) in [5.41, 5.74) is 3.78. The van der Waals surface area contributed by atoms with Gasteiger partial charge >= 0.3 is 10.2 Å². The molecule has 6 heteroatoms. The number of nitrogens with zero attached hydrogens (tertiary/aromatic N) is 2. The first-order valence-corrected chi connectivity index (χ1v) is 10.1. The monoisotopic (exact) mass is 381 g/mol. The largest absolute Gasteiger partial charge is 0.337 e. The molecule has 0 unspecified atom stereocenters. The van der Waals surface area contributed by atoms with Gasteiger partial charge in [0.05, 0.1) is 0 Å². The zero-order valence-electron chi connectivity index (χ0n) is 15.4. The molecule has 0 heterocycles. The van der Waals surface area contributed by atoms with Gasteiger partial charge in [-0.05, 0) is 42.0 Å². The lowest BCUT2D eigenvalue weighted by Gasteiger charge is -2.25. The minimum absolute atomic E-state index is 0.528. The molecule has 0 atom stereocenters. The Bertz CT molecular complexity index is 957. The third-order valence-electron chi connectivity index (χ3n) is 4.16. The van der Waals surface area contributed by atoms with E-state index in [2.05, 4.69) is 33.9 Å². The number of nitrogens with one attached hydrogen (secondary N) is 1. The van der Waals surface area contributed by atoms with Crippen LogP contribution in [-0.4, -0.2) is 26.8 Å². The van der Waals surface area contributed by atoms with Crippen LogP contribution in [0.4, 0.5) is 17.1 Å². The summed E-state index contributed by atoms with van der Waals surface area (Å²) < 4.78 is 27.7. The molecule has 140 valence electrons. The lowest BCUT2D eigenvalue weighted by Crippen LogP contribution is -2.28. The first-order valence-electron chi connectivity index (χ1n) is 8.62. The van der Waals surface area contributed by atoms with E-state index in [1.54, 1.807) is 12.1 Å². The molecule has 3 aromatic rings. The van der Waals surface area contributed by atoms with Crippen LogP contribution < -0.4 is 9.62 Å². The van der Waals surface area contributed by atoms with Crippen molar-refractivity contribution >= 4 is 27.3 Å². The zero-order chi connectivity index (χ0) is 19.3. The Hall–Kier alpha value is -2.83. The van der Waals surface area contributed by atoms with E-state index in [1.165, 1.54) is 19.7 Å². The van der Waals surface area contributed by atoms with Crippen molar-refractivity contribution in [3.8, 4) is 0 Å². The normalized spacial score (nSPS) is 11.4. The first-order chi connectivity index (χ1) is 13.0. The lowest BCUT2D eigenvalue weighted by molar-refractivity contribution is 0.527. The molecule has 1 N–H and O–H groups in total. The van der Waals surface area contributed by atoms with Gasteiger partial charge in [0.1, 0.15) is 0 Å². The van der Waals surface area contributed by atoms with E-state index < -0.39 is 10.2 Å². The van der Waals surface area contributed by atoms with Crippen LogP contribution in [0.3, 0.4) is 0 Å². The maximum Gasteiger partial charge on any atom is 0.301 e. The second-order valence-electron chi connectivity index (χ2n) is 6.34. The Balaban J connectivity index is 1.88. The average Bonchev–Trinajstić information content (AvgIpc) is 2.68. The molecule has 27 heavy (non-hydrogen) atoms. The van der Waals surface area contributed by atoms with Gasteiger partial charge in [-0.3, -0.25) is 4.72 Å². The highest BCUT2D eigenvalue weighted by Gasteiger charge is 2.14. The Kier molecular flexibility index (Phi) is 5.78. The summed E-state index contributed by atoms with van der Waals surface area (Å²) >= 11 is 0. The molecule has 3 rings (SSSR count). The molecule has 0 spiro atoms. The smallest absolute Gasteiger partial charge is 0.301 e. The molecule has 0 aliphatic rings. The number of benzene rings is 3. The molecular weight excluding hydrogens is 358 g/mol. The minimum atomic E-state index is -3.52. The highest BCUT2D eigenvalue weighted by molar-refractivity contribution is 7.90. The number of rotatable bonds is 7. The van der Waals surface area contributed by atoms with Gasteiger partial charge in [-0.25, -0.2) is 0 Å². The highest BCUT2D eigenvalue weighted by Crippen LogP contribution is 2.28. The summed E-state index contributed by atoms with van der Waals surface area (Å²) in [6, 6.07) is 27.8. The first kappa shape index (κ1) is 18.9. The Morgan fingerprint density at radius 2 is 1.26 bits per heavy atom. The van der Waals surface area contributed by atoms with Gasteiger partial charge in [-0.2, -0.15) is 12.7 Å². The average molecular weight is 382 g/mol.